The molecule has 1 unspecified atom stereocenters. The lowest BCUT2D eigenvalue weighted by atomic mass is 9.84. The van der Waals surface area contributed by atoms with E-state index in [1.165, 1.54) is 5.56 Å². The molecule has 20 heavy (non-hydrogen) atoms. The van der Waals surface area contributed by atoms with Gasteiger partial charge in [-0.1, -0.05) is 13.8 Å². The molecule has 1 atom stereocenters. The number of anilines is 1. The van der Waals surface area contributed by atoms with Gasteiger partial charge in [0.25, 0.3) is 0 Å². The number of carbonyl (C=O) groups excluding carboxylic acids is 1. The van der Waals surface area contributed by atoms with Crippen LogP contribution < -0.4 is 5.32 Å². The number of rotatable bonds is 3. The van der Waals surface area contributed by atoms with Gasteiger partial charge >= 0.3 is 0 Å². The molecule has 1 fully saturated rings. The van der Waals surface area contributed by atoms with Crippen molar-refractivity contribution in [3.8, 4) is 0 Å². The Morgan fingerprint density at radius 1 is 1.50 bits per heavy atom. The number of aromatic nitrogens is 1. The van der Waals surface area contributed by atoms with E-state index < -0.39 is 0 Å². The van der Waals surface area contributed by atoms with Gasteiger partial charge in [0, 0.05) is 18.7 Å². The summed E-state index contributed by atoms with van der Waals surface area (Å²) in [6.07, 6.45) is 3.79. The second-order valence-corrected chi connectivity index (χ2v) is 6.42. The van der Waals surface area contributed by atoms with Crippen molar-refractivity contribution in [1.82, 2.24) is 4.98 Å². The highest BCUT2D eigenvalue weighted by Gasteiger charge is 2.29. The lowest BCUT2D eigenvalue weighted by molar-refractivity contribution is -0.118. The van der Waals surface area contributed by atoms with Gasteiger partial charge in [-0.2, -0.15) is 0 Å². The minimum atomic E-state index is -0.0759. The summed E-state index contributed by atoms with van der Waals surface area (Å²) in [5, 5.41) is 2.86. The van der Waals surface area contributed by atoms with Crippen molar-refractivity contribution in [3.63, 3.8) is 0 Å². The van der Waals surface area contributed by atoms with Gasteiger partial charge in [0.2, 0.25) is 5.91 Å². The summed E-state index contributed by atoms with van der Waals surface area (Å²) in [6, 6.07) is 4.03. The topological polar surface area (TPSA) is 51.2 Å². The Kier molecular flexibility index (Phi) is 4.43. The maximum Gasteiger partial charge on any atom is 0.228 e. The summed E-state index contributed by atoms with van der Waals surface area (Å²) >= 11 is 0. The molecule has 1 aromatic rings. The Balaban J connectivity index is 2.11. The lowest BCUT2D eigenvalue weighted by Crippen LogP contribution is -2.33. The molecule has 1 aliphatic heterocycles. The van der Waals surface area contributed by atoms with E-state index in [9.17, 15) is 4.79 Å². The SMILES string of the molecule is CC(C)C(=O)Nc1cc(C2CCOC(C)(C)C2)ccn1. The molecular weight excluding hydrogens is 252 g/mol. The van der Waals surface area contributed by atoms with E-state index in [0.29, 0.717) is 11.7 Å². The van der Waals surface area contributed by atoms with E-state index in [2.05, 4.69) is 24.1 Å². The normalized spacial score (nSPS) is 21.8. The number of hydrogen-bond acceptors (Lipinski definition) is 3. The summed E-state index contributed by atoms with van der Waals surface area (Å²) in [4.78, 5) is 16.0. The summed E-state index contributed by atoms with van der Waals surface area (Å²) in [5.74, 6) is 1.08. The second kappa shape index (κ2) is 5.92. The minimum absolute atomic E-state index is 0.00181. The van der Waals surface area contributed by atoms with E-state index in [-0.39, 0.29) is 17.4 Å². The molecule has 1 N–H and O–H groups in total. The summed E-state index contributed by atoms with van der Waals surface area (Å²) in [6.45, 7) is 8.79. The fourth-order valence-corrected chi connectivity index (χ4v) is 2.56. The highest BCUT2D eigenvalue weighted by molar-refractivity contribution is 5.91. The number of amides is 1. The number of carbonyl (C=O) groups is 1. The molecule has 0 bridgehead atoms. The number of nitrogens with zero attached hydrogens (tertiary/aromatic N) is 1. The number of pyridine rings is 1. The standard InChI is InChI=1S/C16H24N2O2/c1-11(2)15(19)18-14-9-12(5-7-17-14)13-6-8-20-16(3,4)10-13/h5,7,9,11,13H,6,8,10H2,1-4H3,(H,17,18,19). The van der Waals surface area contributed by atoms with Crippen molar-refractivity contribution < 1.29 is 9.53 Å². The molecule has 0 aromatic carbocycles. The van der Waals surface area contributed by atoms with Crippen molar-refractivity contribution >= 4 is 11.7 Å². The first-order valence-electron chi connectivity index (χ1n) is 7.28. The molecule has 1 aromatic heterocycles. The van der Waals surface area contributed by atoms with Crippen LogP contribution in [0.1, 0.15) is 52.0 Å². The van der Waals surface area contributed by atoms with Crippen molar-refractivity contribution in [1.29, 1.82) is 0 Å². The third-order valence-corrected chi connectivity index (χ3v) is 3.73. The molecule has 0 spiro atoms. The van der Waals surface area contributed by atoms with E-state index in [4.69, 9.17) is 4.74 Å². The average Bonchev–Trinajstić information content (AvgIpc) is 2.37. The Bertz CT molecular complexity index is 483. The van der Waals surface area contributed by atoms with Crippen LogP contribution in [0.3, 0.4) is 0 Å². The monoisotopic (exact) mass is 276 g/mol. The maximum absolute atomic E-state index is 11.7. The molecule has 1 amide bonds. The minimum Gasteiger partial charge on any atom is -0.376 e. The number of hydrogen-bond donors (Lipinski definition) is 1. The van der Waals surface area contributed by atoms with Gasteiger partial charge in [-0.3, -0.25) is 4.79 Å². The molecule has 1 saturated heterocycles. The Hall–Kier alpha value is -1.42. The van der Waals surface area contributed by atoms with E-state index >= 15 is 0 Å². The van der Waals surface area contributed by atoms with Crippen LogP contribution in [0.15, 0.2) is 18.3 Å². The molecule has 2 heterocycles. The van der Waals surface area contributed by atoms with Crippen molar-refractivity contribution in [2.45, 2.75) is 52.1 Å². The van der Waals surface area contributed by atoms with Crippen LogP contribution in [-0.4, -0.2) is 23.1 Å². The number of ether oxygens (including phenoxy) is 1. The van der Waals surface area contributed by atoms with E-state index in [1.54, 1.807) is 6.20 Å². The van der Waals surface area contributed by atoms with Gasteiger partial charge in [-0.15, -0.1) is 0 Å². The van der Waals surface area contributed by atoms with Crippen molar-refractivity contribution in [2.75, 3.05) is 11.9 Å². The van der Waals surface area contributed by atoms with Gasteiger partial charge in [-0.05, 0) is 50.3 Å². The largest absolute Gasteiger partial charge is 0.376 e. The molecule has 2 rings (SSSR count). The van der Waals surface area contributed by atoms with Crippen LogP contribution in [0.25, 0.3) is 0 Å². The summed E-state index contributed by atoms with van der Waals surface area (Å²) in [7, 11) is 0. The quantitative estimate of drug-likeness (QED) is 0.921. The Morgan fingerprint density at radius 3 is 2.90 bits per heavy atom. The molecule has 0 radical (unpaired) electrons. The van der Waals surface area contributed by atoms with Gasteiger partial charge in [0.1, 0.15) is 5.82 Å². The van der Waals surface area contributed by atoms with Gasteiger partial charge in [0.15, 0.2) is 0 Å². The van der Waals surface area contributed by atoms with Crippen LogP contribution in [-0.2, 0) is 9.53 Å². The lowest BCUT2D eigenvalue weighted by Gasteiger charge is -2.35. The van der Waals surface area contributed by atoms with Crippen LogP contribution in [0.4, 0.5) is 5.82 Å². The van der Waals surface area contributed by atoms with Crippen LogP contribution in [0.2, 0.25) is 0 Å². The molecule has 110 valence electrons. The van der Waals surface area contributed by atoms with Gasteiger partial charge in [0.05, 0.1) is 5.60 Å². The summed E-state index contributed by atoms with van der Waals surface area (Å²) < 4.78 is 5.76. The Labute approximate surface area is 120 Å². The molecular formula is C16H24N2O2. The van der Waals surface area contributed by atoms with E-state index in [1.807, 2.05) is 26.0 Å². The number of nitrogens with one attached hydrogen (secondary N) is 1. The molecule has 1 aliphatic rings. The van der Waals surface area contributed by atoms with Gasteiger partial charge < -0.3 is 10.1 Å². The second-order valence-electron chi connectivity index (χ2n) is 6.42. The van der Waals surface area contributed by atoms with E-state index in [0.717, 1.165) is 19.4 Å². The third kappa shape index (κ3) is 3.79. The predicted molar refractivity (Wildman–Crippen MR) is 79.7 cm³/mol. The Morgan fingerprint density at radius 2 is 2.25 bits per heavy atom. The zero-order chi connectivity index (χ0) is 14.8. The van der Waals surface area contributed by atoms with Crippen LogP contribution >= 0.6 is 0 Å². The first-order valence-corrected chi connectivity index (χ1v) is 7.28. The van der Waals surface area contributed by atoms with Crippen LogP contribution in [0, 0.1) is 5.92 Å². The molecule has 0 aliphatic carbocycles. The summed E-state index contributed by atoms with van der Waals surface area (Å²) in [5.41, 5.74) is 1.16. The molecule has 0 saturated carbocycles. The van der Waals surface area contributed by atoms with Crippen molar-refractivity contribution in [3.05, 3.63) is 23.9 Å². The first kappa shape index (κ1) is 15.0. The van der Waals surface area contributed by atoms with Crippen LogP contribution in [0.5, 0.6) is 0 Å². The van der Waals surface area contributed by atoms with Crippen molar-refractivity contribution in [2.24, 2.45) is 5.92 Å². The fraction of sp³-hybridized carbons (Fsp3) is 0.625. The molecule has 4 heteroatoms. The third-order valence-electron chi connectivity index (χ3n) is 3.73. The maximum atomic E-state index is 11.7. The predicted octanol–water partition coefficient (Wildman–Crippen LogP) is 3.35. The smallest absolute Gasteiger partial charge is 0.228 e. The molecule has 4 nitrogen and oxygen atoms in total. The highest BCUT2D eigenvalue weighted by atomic mass is 16.5. The van der Waals surface area contributed by atoms with Gasteiger partial charge in [-0.25, -0.2) is 4.98 Å². The zero-order valence-corrected chi connectivity index (χ0v) is 12.8. The first-order chi connectivity index (χ1) is 9.37. The average molecular weight is 276 g/mol. The highest BCUT2D eigenvalue weighted by Crippen LogP contribution is 2.35. The zero-order valence-electron chi connectivity index (χ0n) is 12.8. The fourth-order valence-electron chi connectivity index (χ4n) is 2.56.